The van der Waals surface area contributed by atoms with Crippen molar-refractivity contribution in [3.8, 4) is 0 Å². The van der Waals surface area contributed by atoms with Gasteiger partial charge >= 0.3 is 0 Å². The van der Waals surface area contributed by atoms with Crippen LogP contribution in [0.15, 0.2) is 77.7 Å². The van der Waals surface area contributed by atoms with Crippen LogP contribution in [0.3, 0.4) is 0 Å². The van der Waals surface area contributed by atoms with Gasteiger partial charge in [0.1, 0.15) is 18.4 Å². The Balaban J connectivity index is 2.00. The van der Waals surface area contributed by atoms with Crippen LogP contribution < -0.4 is 9.62 Å². The first kappa shape index (κ1) is 29.8. The number of hydrogen-bond donors (Lipinski definition) is 1. The predicted octanol–water partition coefficient (Wildman–Crippen LogP) is 4.97. The summed E-state index contributed by atoms with van der Waals surface area (Å²) in [5, 5.41) is 2.87. The number of halogens is 1. The zero-order chi connectivity index (χ0) is 28.6. The number of hydrogen-bond acceptors (Lipinski definition) is 4. The van der Waals surface area contributed by atoms with Gasteiger partial charge in [0.05, 0.1) is 10.6 Å². The largest absolute Gasteiger partial charge is 0.354 e. The maximum Gasteiger partial charge on any atom is 0.264 e. The third kappa shape index (κ3) is 7.66. The number of carbonyl (C=O) groups is 2. The molecule has 7 nitrogen and oxygen atoms in total. The Bertz CT molecular complexity index is 1380. The summed E-state index contributed by atoms with van der Waals surface area (Å²) in [5.74, 6) is -1.41. The molecule has 0 unspecified atom stereocenters. The molecule has 0 bridgehead atoms. The number of nitrogens with zero attached hydrogens (tertiary/aromatic N) is 2. The van der Waals surface area contributed by atoms with Gasteiger partial charge < -0.3 is 10.2 Å². The molecule has 1 atom stereocenters. The Morgan fingerprint density at radius 2 is 1.59 bits per heavy atom. The third-order valence-electron chi connectivity index (χ3n) is 6.60. The van der Waals surface area contributed by atoms with Crippen molar-refractivity contribution in [2.75, 3.05) is 17.4 Å². The van der Waals surface area contributed by atoms with Crippen LogP contribution in [0.1, 0.15) is 43.4 Å². The van der Waals surface area contributed by atoms with Crippen molar-refractivity contribution in [3.05, 3.63) is 95.3 Å². The lowest BCUT2D eigenvalue weighted by molar-refractivity contribution is -0.139. The number of amides is 2. The van der Waals surface area contributed by atoms with Gasteiger partial charge in [0.2, 0.25) is 11.8 Å². The van der Waals surface area contributed by atoms with Gasteiger partial charge in [-0.15, -0.1) is 0 Å². The average molecular weight is 554 g/mol. The lowest BCUT2D eigenvalue weighted by Crippen LogP contribution is -2.51. The standard InChI is InChI=1S/C30H36FN3O4S/c1-5-6-19-32-30(36)24(4)33(20-25-10-8-7-9-23(25)3)29(35)21-34(27-15-13-26(31)14-16-27)39(37,38)28-17-11-22(2)12-18-28/h7-18,24H,5-6,19-21H2,1-4H3,(H,32,36)/t24-/m0/s1. The van der Waals surface area contributed by atoms with Crippen LogP contribution in [0.2, 0.25) is 0 Å². The molecule has 9 heteroatoms. The van der Waals surface area contributed by atoms with Gasteiger partial charge in [-0.2, -0.15) is 0 Å². The molecule has 0 fully saturated rings. The van der Waals surface area contributed by atoms with E-state index in [9.17, 15) is 22.4 Å². The molecule has 2 amide bonds. The van der Waals surface area contributed by atoms with Crippen LogP contribution in [-0.4, -0.2) is 44.3 Å². The quantitative estimate of drug-likeness (QED) is 0.321. The number of carbonyl (C=O) groups excluding carboxylic acids is 2. The molecular formula is C30H36FN3O4S. The van der Waals surface area contributed by atoms with Gasteiger partial charge in [0, 0.05) is 13.1 Å². The van der Waals surface area contributed by atoms with Gasteiger partial charge in [0.25, 0.3) is 10.0 Å². The zero-order valence-corrected chi connectivity index (χ0v) is 23.7. The maximum atomic E-state index is 13.9. The molecule has 0 aliphatic heterocycles. The fraction of sp³-hybridized carbons (Fsp3) is 0.333. The molecule has 0 aromatic heterocycles. The van der Waals surface area contributed by atoms with Crippen molar-refractivity contribution in [1.29, 1.82) is 0 Å². The average Bonchev–Trinajstić information content (AvgIpc) is 2.91. The first-order valence-electron chi connectivity index (χ1n) is 13.0. The summed E-state index contributed by atoms with van der Waals surface area (Å²) in [4.78, 5) is 28.3. The Labute approximate surface area is 230 Å². The molecule has 0 saturated carbocycles. The second-order valence-electron chi connectivity index (χ2n) is 9.57. The van der Waals surface area contributed by atoms with E-state index in [4.69, 9.17) is 0 Å². The monoisotopic (exact) mass is 553 g/mol. The second kappa shape index (κ2) is 13.4. The number of benzene rings is 3. The third-order valence-corrected chi connectivity index (χ3v) is 8.39. The van der Waals surface area contributed by atoms with Gasteiger partial charge in [-0.25, -0.2) is 12.8 Å². The van der Waals surface area contributed by atoms with E-state index in [1.54, 1.807) is 19.1 Å². The minimum Gasteiger partial charge on any atom is -0.354 e. The Morgan fingerprint density at radius 1 is 0.949 bits per heavy atom. The lowest BCUT2D eigenvalue weighted by Gasteiger charge is -2.32. The highest BCUT2D eigenvalue weighted by molar-refractivity contribution is 7.92. The van der Waals surface area contributed by atoms with Crippen LogP contribution in [0.25, 0.3) is 0 Å². The topological polar surface area (TPSA) is 86.8 Å². The summed E-state index contributed by atoms with van der Waals surface area (Å²) in [7, 11) is -4.19. The van der Waals surface area contributed by atoms with Crippen LogP contribution in [-0.2, 0) is 26.2 Å². The van der Waals surface area contributed by atoms with E-state index in [2.05, 4.69) is 5.32 Å². The molecule has 3 rings (SSSR count). The van der Waals surface area contributed by atoms with Crippen molar-refractivity contribution in [1.82, 2.24) is 10.2 Å². The van der Waals surface area contributed by atoms with Crippen molar-refractivity contribution < 1.29 is 22.4 Å². The van der Waals surface area contributed by atoms with Crippen molar-refractivity contribution in [3.63, 3.8) is 0 Å². The molecule has 3 aromatic rings. The summed E-state index contributed by atoms with van der Waals surface area (Å²) in [6.45, 7) is 7.44. The van der Waals surface area contributed by atoms with E-state index in [-0.39, 0.29) is 23.0 Å². The molecule has 39 heavy (non-hydrogen) atoms. The highest BCUT2D eigenvalue weighted by Crippen LogP contribution is 2.25. The zero-order valence-electron chi connectivity index (χ0n) is 22.9. The molecule has 0 radical (unpaired) electrons. The molecule has 0 aliphatic carbocycles. The summed E-state index contributed by atoms with van der Waals surface area (Å²) in [5.41, 5.74) is 2.80. The Morgan fingerprint density at radius 3 is 2.21 bits per heavy atom. The predicted molar refractivity (Wildman–Crippen MR) is 151 cm³/mol. The first-order chi connectivity index (χ1) is 18.5. The Kier molecular flexibility index (Phi) is 10.2. The molecule has 0 aliphatic rings. The fourth-order valence-electron chi connectivity index (χ4n) is 4.06. The smallest absolute Gasteiger partial charge is 0.264 e. The molecule has 3 aromatic carbocycles. The van der Waals surface area contributed by atoms with Crippen molar-refractivity contribution in [2.24, 2.45) is 0 Å². The molecular weight excluding hydrogens is 517 g/mol. The minimum absolute atomic E-state index is 0.000959. The van der Waals surface area contributed by atoms with Crippen LogP contribution in [0.4, 0.5) is 10.1 Å². The van der Waals surface area contributed by atoms with Crippen LogP contribution in [0, 0.1) is 19.7 Å². The van der Waals surface area contributed by atoms with E-state index in [0.29, 0.717) is 6.54 Å². The number of unbranched alkanes of at least 4 members (excludes halogenated alkanes) is 1. The van der Waals surface area contributed by atoms with Crippen molar-refractivity contribution in [2.45, 2.75) is 58.0 Å². The number of nitrogens with one attached hydrogen (secondary N) is 1. The van der Waals surface area contributed by atoms with E-state index in [1.807, 2.05) is 45.0 Å². The second-order valence-corrected chi connectivity index (χ2v) is 11.4. The number of rotatable bonds is 12. The van der Waals surface area contributed by atoms with Gasteiger partial charge in [-0.1, -0.05) is 55.3 Å². The highest BCUT2D eigenvalue weighted by atomic mass is 32.2. The van der Waals surface area contributed by atoms with Gasteiger partial charge in [-0.3, -0.25) is 13.9 Å². The summed E-state index contributed by atoms with van der Waals surface area (Å²) in [6.07, 6.45) is 1.71. The summed E-state index contributed by atoms with van der Waals surface area (Å²) < 4.78 is 42.2. The summed E-state index contributed by atoms with van der Waals surface area (Å²) in [6, 6.07) is 17.9. The van der Waals surface area contributed by atoms with Crippen LogP contribution >= 0.6 is 0 Å². The number of aryl methyl sites for hydroxylation is 2. The number of anilines is 1. The number of sulfonamides is 1. The molecule has 0 spiro atoms. The van der Waals surface area contributed by atoms with Crippen molar-refractivity contribution >= 4 is 27.5 Å². The molecule has 208 valence electrons. The van der Waals surface area contributed by atoms with E-state index in [1.165, 1.54) is 29.2 Å². The normalized spacial score (nSPS) is 12.0. The fourth-order valence-corrected chi connectivity index (χ4v) is 5.48. The minimum atomic E-state index is -4.19. The Hall–Kier alpha value is -3.72. The molecule has 1 N–H and O–H groups in total. The first-order valence-corrected chi connectivity index (χ1v) is 14.4. The van der Waals surface area contributed by atoms with E-state index < -0.39 is 34.3 Å². The lowest BCUT2D eigenvalue weighted by atomic mass is 10.1. The highest BCUT2D eigenvalue weighted by Gasteiger charge is 2.32. The summed E-state index contributed by atoms with van der Waals surface area (Å²) >= 11 is 0. The molecule has 0 heterocycles. The maximum absolute atomic E-state index is 13.9. The van der Waals surface area contributed by atoms with E-state index in [0.717, 1.165) is 46.0 Å². The van der Waals surface area contributed by atoms with Gasteiger partial charge in [0.15, 0.2) is 0 Å². The molecule has 0 saturated heterocycles. The van der Waals surface area contributed by atoms with Gasteiger partial charge in [-0.05, 0) is 74.7 Å². The van der Waals surface area contributed by atoms with Crippen LogP contribution in [0.5, 0.6) is 0 Å². The SMILES string of the molecule is CCCCNC(=O)[C@H](C)N(Cc1ccccc1C)C(=O)CN(c1ccc(F)cc1)S(=O)(=O)c1ccc(C)cc1. The van der Waals surface area contributed by atoms with E-state index >= 15 is 0 Å².